The fourth-order valence-electron chi connectivity index (χ4n) is 9.05. The maximum atomic E-state index is 14.7. The van der Waals surface area contributed by atoms with E-state index in [0.29, 0.717) is 44.6 Å². The van der Waals surface area contributed by atoms with Gasteiger partial charge >= 0.3 is 12.0 Å². The van der Waals surface area contributed by atoms with Gasteiger partial charge in [0.25, 0.3) is 8.96 Å². The minimum Gasteiger partial charge on any atom is -0.464 e. The monoisotopic (exact) mass is 901 g/mol. The van der Waals surface area contributed by atoms with Crippen molar-refractivity contribution in [1.82, 2.24) is 44.7 Å². The third-order valence-corrected chi connectivity index (χ3v) is 16.3. The Bertz CT molecular complexity index is 2340. The molecule has 7 rings (SSSR count). The summed E-state index contributed by atoms with van der Waals surface area (Å²) < 4.78 is 14.2. The number of aliphatic hydroxyl groups is 1. The number of esters is 1. The van der Waals surface area contributed by atoms with Crippen LogP contribution in [-0.4, -0.2) is 144 Å². The molecule has 340 valence electrons. The number of likely N-dealkylation sites (tertiary alicyclic amines) is 1. The highest BCUT2D eigenvalue weighted by atomic mass is 32.1. The fraction of sp³-hybridized carbons (Fsp3) is 0.556. The number of amides is 4. The summed E-state index contributed by atoms with van der Waals surface area (Å²) in [5.74, 6) is -1.34. The molecule has 0 radical (unpaired) electrons. The number of benzene rings is 1. The van der Waals surface area contributed by atoms with Crippen LogP contribution < -0.4 is 10.4 Å². The number of aromatic nitrogens is 3. The molecule has 0 unspecified atom stereocenters. The Morgan fingerprint density at radius 2 is 1.90 bits per heavy atom. The molecule has 6 heterocycles. The second kappa shape index (κ2) is 18.8. The van der Waals surface area contributed by atoms with Gasteiger partial charge in [-0.1, -0.05) is 33.8 Å². The van der Waals surface area contributed by atoms with Gasteiger partial charge in [0.1, 0.15) is 22.8 Å². The lowest BCUT2D eigenvalue weighted by molar-refractivity contribution is -0.151. The molecule has 3 aliphatic heterocycles. The predicted molar refractivity (Wildman–Crippen MR) is 245 cm³/mol. The fourth-order valence-corrected chi connectivity index (χ4v) is 12.3. The van der Waals surface area contributed by atoms with Crippen molar-refractivity contribution in [1.29, 1.82) is 0 Å². The third-order valence-electron chi connectivity index (χ3n) is 12.7. The maximum absolute atomic E-state index is 14.7. The normalized spacial score (nSPS) is 21.8. The number of carbonyl (C=O) groups is 4. The molecular weight excluding hydrogens is 839 g/mol. The quantitative estimate of drug-likeness (QED) is 0.151. The van der Waals surface area contributed by atoms with Crippen molar-refractivity contribution in [2.75, 3.05) is 54.5 Å². The summed E-state index contributed by atoms with van der Waals surface area (Å²) in [4.78, 5) is 74.5. The Kier molecular flexibility index (Phi) is 13.8. The average Bonchev–Trinajstić information content (AvgIpc) is 3.85. The summed E-state index contributed by atoms with van der Waals surface area (Å²) in [5, 5.41) is 16.7. The number of likely N-dealkylation sites (N-methyl/N-ethyl adjacent to an activating group) is 2. The van der Waals surface area contributed by atoms with E-state index in [-0.39, 0.29) is 42.3 Å². The van der Waals surface area contributed by atoms with E-state index in [1.54, 1.807) is 25.3 Å². The first-order valence-electron chi connectivity index (χ1n) is 21.9. The Labute approximate surface area is 375 Å². The van der Waals surface area contributed by atoms with Gasteiger partial charge in [-0.05, 0) is 83.0 Å². The van der Waals surface area contributed by atoms with E-state index in [2.05, 4.69) is 58.8 Å². The number of hydrogen-bond acceptors (Lipinski definition) is 12. The largest absolute Gasteiger partial charge is 0.464 e. The molecule has 2 saturated heterocycles. The number of aryl methyl sites for hydroxylation is 1. The highest BCUT2D eigenvalue weighted by Crippen LogP contribution is 2.42. The van der Waals surface area contributed by atoms with E-state index in [0.717, 1.165) is 39.0 Å². The minimum atomic E-state index is -3.47. The molecule has 0 spiro atoms. The summed E-state index contributed by atoms with van der Waals surface area (Å²) in [6, 6.07) is 8.44. The zero-order chi connectivity index (χ0) is 45.5. The van der Waals surface area contributed by atoms with Crippen LogP contribution in [0.1, 0.15) is 82.5 Å². The molecule has 0 aliphatic carbocycles. The van der Waals surface area contributed by atoms with Crippen LogP contribution >= 0.6 is 11.3 Å². The number of rotatable bonds is 9. The van der Waals surface area contributed by atoms with Crippen LogP contribution in [-0.2, 0) is 32.0 Å². The second-order valence-corrected chi connectivity index (χ2v) is 21.7. The number of pyridine rings is 1. The summed E-state index contributed by atoms with van der Waals surface area (Å²) >= 11 is 1.22. The molecule has 18 heteroatoms. The van der Waals surface area contributed by atoms with Gasteiger partial charge in [0, 0.05) is 85.4 Å². The van der Waals surface area contributed by atoms with Crippen LogP contribution in [0.25, 0.3) is 33.4 Å². The molecule has 4 amide bonds. The molecule has 5 atom stereocenters. The zero-order valence-electron chi connectivity index (χ0n) is 38.2. The van der Waals surface area contributed by atoms with Crippen molar-refractivity contribution >= 4 is 54.6 Å². The molecule has 6 bridgehead atoms. The molecule has 3 aromatic heterocycles. The van der Waals surface area contributed by atoms with Crippen molar-refractivity contribution in [3.05, 3.63) is 58.2 Å². The summed E-state index contributed by atoms with van der Waals surface area (Å²) in [5.41, 5.74) is 6.95. The summed E-state index contributed by atoms with van der Waals surface area (Å²) in [7, 11) is 3.75. The van der Waals surface area contributed by atoms with Gasteiger partial charge in [0.2, 0.25) is 11.4 Å². The maximum Gasteiger partial charge on any atom is 0.324 e. The van der Waals surface area contributed by atoms with Crippen LogP contribution in [0, 0.1) is 11.3 Å². The van der Waals surface area contributed by atoms with Gasteiger partial charge in [0.05, 0.1) is 29.8 Å². The number of nitrogens with zero attached hydrogens (tertiary/aromatic N) is 7. The molecule has 4 aromatic rings. The SMILES string of the molecule is CCn1c(-c2cccnc2[C@H](C)OC)c2c3cc(ccc31)-c1csc(n1)[C@@H](O)[Si@H](NC(=O)[C@H](C(C)C)N(C)C(=O)N1CC(N(C)C)C1)C(=O)N1CCC[C@H](N1)C(=O)OCC(C)(C)C2. The summed E-state index contributed by atoms with van der Waals surface area (Å²) in [6.07, 6.45) is 3.00. The van der Waals surface area contributed by atoms with Crippen LogP contribution in [0.3, 0.4) is 0 Å². The first-order chi connectivity index (χ1) is 29.9. The number of aliphatic hydroxyl groups excluding tert-OH is 1. The Hall–Kier alpha value is -4.72. The number of fused-ring (bicyclic) bond motifs is 6. The highest BCUT2D eigenvalue weighted by molar-refractivity contribution is 7.11. The van der Waals surface area contributed by atoms with Gasteiger partial charge in [-0.15, -0.1) is 11.3 Å². The molecule has 3 N–H and O–H groups in total. The number of carbonyl (C=O) groups excluding carboxylic acids is 4. The van der Waals surface area contributed by atoms with E-state index in [1.807, 2.05) is 52.4 Å². The van der Waals surface area contributed by atoms with Crippen molar-refractivity contribution in [2.24, 2.45) is 11.3 Å². The molecule has 2 fully saturated rings. The Morgan fingerprint density at radius 3 is 2.59 bits per heavy atom. The molecule has 3 aliphatic rings. The molecule has 63 heavy (non-hydrogen) atoms. The number of hydrogen-bond donors (Lipinski definition) is 3. The predicted octanol–water partition coefficient (Wildman–Crippen LogP) is 5.09. The van der Waals surface area contributed by atoms with Crippen molar-refractivity contribution < 1.29 is 33.8 Å². The second-order valence-electron chi connectivity index (χ2n) is 18.5. The van der Waals surface area contributed by atoms with Gasteiger partial charge in [-0.2, -0.15) is 0 Å². The minimum absolute atomic E-state index is 0.113. The van der Waals surface area contributed by atoms with E-state index in [9.17, 15) is 24.3 Å². The third kappa shape index (κ3) is 9.29. The van der Waals surface area contributed by atoms with Gasteiger partial charge in [0.15, 0.2) is 0 Å². The lowest BCUT2D eigenvalue weighted by Crippen LogP contribution is -2.66. The first-order valence-corrected chi connectivity index (χ1v) is 24.6. The average molecular weight is 902 g/mol. The van der Waals surface area contributed by atoms with Crippen LogP contribution in [0.15, 0.2) is 41.9 Å². The molecule has 16 nitrogen and oxygen atoms in total. The van der Waals surface area contributed by atoms with E-state index in [1.165, 1.54) is 21.2 Å². The number of nitrogens with one attached hydrogen (secondary N) is 2. The van der Waals surface area contributed by atoms with E-state index in [4.69, 9.17) is 19.4 Å². The van der Waals surface area contributed by atoms with Crippen LogP contribution in [0.2, 0.25) is 0 Å². The van der Waals surface area contributed by atoms with E-state index < -0.39 is 49.6 Å². The number of hydrazine groups is 1. The Balaban J connectivity index is 1.30. The van der Waals surface area contributed by atoms with Gasteiger partial charge in [-0.3, -0.25) is 24.4 Å². The highest BCUT2D eigenvalue weighted by Gasteiger charge is 2.44. The topological polar surface area (TPSA) is 175 Å². The number of thiazole rings is 1. The first kappa shape index (κ1) is 46.3. The van der Waals surface area contributed by atoms with Crippen LogP contribution in [0.5, 0.6) is 0 Å². The van der Waals surface area contributed by atoms with Crippen LogP contribution in [0.4, 0.5) is 9.59 Å². The lowest BCUT2D eigenvalue weighted by atomic mass is 9.84. The smallest absolute Gasteiger partial charge is 0.324 e. The number of cyclic esters (lactones) is 1. The number of methoxy groups -OCH3 is 1. The van der Waals surface area contributed by atoms with Gasteiger partial charge in [-0.25, -0.2) is 15.2 Å². The molecular formula is C45H63N9O7SSi. The van der Waals surface area contributed by atoms with E-state index >= 15 is 0 Å². The Morgan fingerprint density at radius 1 is 1.16 bits per heavy atom. The lowest BCUT2D eigenvalue weighted by Gasteiger charge is -2.45. The van der Waals surface area contributed by atoms with Gasteiger partial charge < -0.3 is 38.8 Å². The van der Waals surface area contributed by atoms with Crippen molar-refractivity contribution in [3.8, 4) is 22.5 Å². The number of urea groups is 1. The zero-order valence-corrected chi connectivity index (χ0v) is 40.1. The molecule has 0 saturated carbocycles. The molecule has 1 aromatic carbocycles. The summed E-state index contributed by atoms with van der Waals surface area (Å²) in [6.45, 7) is 14.1. The van der Waals surface area contributed by atoms with Crippen molar-refractivity contribution in [3.63, 3.8) is 0 Å². The number of ether oxygens (including phenoxy) is 2. The van der Waals surface area contributed by atoms with Crippen molar-refractivity contribution in [2.45, 2.75) is 97.3 Å². The standard InChI is InChI=1S/C45H63N9O7SSi/c1-11-53-35-17-16-28-20-31(35)32(38(53)30-14-12-18-46-36(30)27(4)60-10)21-45(5,6)25-61-41(56)33-15-13-19-54(48-33)44(59)63(42(57)40-47-34(28)24-62-40)49-39(55)37(26(2)3)51(9)43(58)52-22-29(23-52)50(7)8/h12,14,16-18,20,24,26-27,29,33,37,42,48,57,63H,11,13,15,19,21-23,25H2,1-10H3,(H,49,55)/t27-,33-,37-,42-,63-/m0/s1.